The van der Waals surface area contributed by atoms with Crippen molar-refractivity contribution in [3.8, 4) is 0 Å². The fourth-order valence-corrected chi connectivity index (χ4v) is 2.77. The zero-order valence-corrected chi connectivity index (χ0v) is 9.93. The number of hydrogen-bond donors (Lipinski definition) is 1. The van der Waals surface area contributed by atoms with Crippen LogP contribution in [0.25, 0.3) is 0 Å². The van der Waals surface area contributed by atoms with Crippen LogP contribution in [0.2, 0.25) is 0 Å². The number of thiophene rings is 1. The maximum atomic E-state index is 11.9. The van der Waals surface area contributed by atoms with Crippen LogP contribution >= 0.6 is 11.3 Å². The van der Waals surface area contributed by atoms with Crippen molar-refractivity contribution in [2.75, 3.05) is 13.6 Å². The third-order valence-electron chi connectivity index (χ3n) is 2.94. The Bertz CT molecular complexity index is 361. The number of hydrogen-bond acceptors (Lipinski definition) is 3. The van der Waals surface area contributed by atoms with E-state index in [4.69, 9.17) is 0 Å². The molecular weight excluding hydrogens is 208 g/mol. The van der Waals surface area contributed by atoms with Crippen molar-refractivity contribution >= 4 is 17.2 Å². The van der Waals surface area contributed by atoms with Crippen LogP contribution in [-0.2, 0) is 17.8 Å². The second kappa shape index (κ2) is 4.33. The van der Waals surface area contributed by atoms with Gasteiger partial charge in [-0.1, -0.05) is 0 Å². The molecule has 15 heavy (non-hydrogen) atoms. The summed E-state index contributed by atoms with van der Waals surface area (Å²) in [6.07, 6.45) is 1.00. The van der Waals surface area contributed by atoms with E-state index < -0.39 is 0 Å². The molecule has 2 heterocycles. The summed E-state index contributed by atoms with van der Waals surface area (Å²) in [5.41, 5.74) is 1.42. The van der Waals surface area contributed by atoms with E-state index in [0.29, 0.717) is 0 Å². The number of fused-ring (bicyclic) bond motifs is 1. The van der Waals surface area contributed by atoms with Gasteiger partial charge < -0.3 is 10.2 Å². The number of rotatable bonds is 2. The molecule has 1 aromatic heterocycles. The van der Waals surface area contributed by atoms with E-state index in [-0.39, 0.29) is 11.9 Å². The summed E-state index contributed by atoms with van der Waals surface area (Å²) in [5.74, 6) is 0.205. The van der Waals surface area contributed by atoms with Gasteiger partial charge in [-0.2, -0.15) is 0 Å². The predicted octanol–water partition coefficient (Wildman–Crippen LogP) is 1.24. The number of carbonyl (C=O) groups excluding carboxylic acids is 1. The van der Waals surface area contributed by atoms with Crippen LogP contribution in [0.3, 0.4) is 0 Å². The van der Waals surface area contributed by atoms with E-state index in [2.05, 4.69) is 16.8 Å². The maximum Gasteiger partial charge on any atom is 0.239 e. The molecule has 82 valence electrons. The minimum absolute atomic E-state index is 0.0773. The van der Waals surface area contributed by atoms with Gasteiger partial charge in [0.05, 0.1) is 12.6 Å². The molecule has 0 aliphatic carbocycles. The average Bonchev–Trinajstić information content (AvgIpc) is 2.73. The summed E-state index contributed by atoms with van der Waals surface area (Å²) in [6.45, 7) is 3.55. The summed E-state index contributed by atoms with van der Waals surface area (Å²) in [7, 11) is 1.82. The zero-order valence-electron chi connectivity index (χ0n) is 9.12. The largest absolute Gasteiger partial charge is 0.336 e. The lowest BCUT2D eigenvalue weighted by atomic mass is 10.1. The highest BCUT2D eigenvalue weighted by molar-refractivity contribution is 7.10. The molecule has 4 heteroatoms. The summed E-state index contributed by atoms with van der Waals surface area (Å²) in [5, 5.41) is 5.10. The van der Waals surface area contributed by atoms with Crippen molar-refractivity contribution in [1.82, 2.24) is 10.2 Å². The van der Waals surface area contributed by atoms with Gasteiger partial charge in [0.15, 0.2) is 0 Å². The van der Waals surface area contributed by atoms with E-state index >= 15 is 0 Å². The van der Waals surface area contributed by atoms with E-state index in [1.165, 1.54) is 10.4 Å². The van der Waals surface area contributed by atoms with Crippen LogP contribution in [0.5, 0.6) is 0 Å². The first-order chi connectivity index (χ1) is 7.22. The van der Waals surface area contributed by atoms with Crippen molar-refractivity contribution in [3.63, 3.8) is 0 Å². The van der Waals surface area contributed by atoms with Crippen LogP contribution in [0.1, 0.15) is 17.4 Å². The molecule has 0 radical (unpaired) electrons. The smallest absolute Gasteiger partial charge is 0.239 e. The molecule has 1 aliphatic heterocycles. The van der Waals surface area contributed by atoms with Crippen molar-refractivity contribution in [3.05, 3.63) is 21.9 Å². The van der Waals surface area contributed by atoms with Gasteiger partial charge in [0, 0.05) is 11.4 Å². The highest BCUT2D eigenvalue weighted by Gasteiger charge is 2.24. The Morgan fingerprint density at radius 3 is 3.20 bits per heavy atom. The molecule has 1 N–H and O–H groups in total. The van der Waals surface area contributed by atoms with E-state index in [9.17, 15) is 4.79 Å². The topological polar surface area (TPSA) is 32.3 Å². The third-order valence-corrected chi connectivity index (χ3v) is 3.89. The van der Waals surface area contributed by atoms with Gasteiger partial charge in [-0.3, -0.25) is 4.79 Å². The van der Waals surface area contributed by atoms with Crippen LogP contribution in [0, 0.1) is 0 Å². The third kappa shape index (κ3) is 2.06. The lowest BCUT2D eigenvalue weighted by Crippen LogP contribution is -2.45. The van der Waals surface area contributed by atoms with Crippen LogP contribution in [0.15, 0.2) is 11.4 Å². The molecule has 1 atom stereocenters. The fraction of sp³-hybridized carbons (Fsp3) is 0.545. The van der Waals surface area contributed by atoms with Crippen LogP contribution in [0.4, 0.5) is 0 Å². The molecule has 0 aromatic carbocycles. The minimum atomic E-state index is -0.0773. The highest BCUT2D eigenvalue weighted by atomic mass is 32.1. The summed E-state index contributed by atoms with van der Waals surface area (Å²) < 4.78 is 0. The number of nitrogens with zero attached hydrogens (tertiary/aromatic N) is 1. The molecule has 3 nitrogen and oxygen atoms in total. The molecule has 0 bridgehead atoms. The van der Waals surface area contributed by atoms with Gasteiger partial charge in [0.1, 0.15) is 0 Å². The van der Waals surface area contributed by atoms with E-state index in [1.807, 2.05) is 18.9 Å². The van der Waals surface area contributed by atoms with Gasteiger partial charge in [0.2, 0.25) is 5.91 Å². The quantitative estimate of drug-likeness (QED) is 0.820. The van der Waals surface area contributed by atoms with Crippen LogP contribution in [-0.4, -0.2) is 30.4 Å². The van der Waals surface area contributed by atoms with Crippen molar-refractivity contribution in [2.24, 2.45) is 0 Å². The average molecular weight is 224 g/mol. The van der Waals surface area contributed by atoms with Gasteiger partial charge in [-0.15, -0.1) is 11.3 Å². The molecule has 1 amide bonds. The molecule has 0 saturated carbocycles. The van der Waals surface area contributed by atoms with E-state index in [1.54, 1.807) is 11.3 Å². The molecule has 0 saturated heterocycles. The van der Waals surface area contributed by atoms with Crippen molar-refractivity contribution in [2.45, 2.75) is 25.9 Å². The van der Waals surface area contributed by atoms with Gasteiger partial charge in [0.25, 0.3) is 0 Å². The van der Waals surface area contributed by atoms with Gasteiger partial charge in [-0.25, -0.2) is 0 Å². The molecule has 1 unspecified atom stereocenters. The normalized spacial score (nSPS) is 17.3. The minimum Gasteiger partial charge on any atom is -0.336 e. The predicted molar refractivity (Wildman–Crippen MR) is 62.0 cm³/mol. The van der Waals surface area contributed by atoms with Gasteiger partial charge in [-0.05, 0) is 37.4 Å². The Morgan fingerprint density at radius 1 is 1.67 bits per heavy atom. The molecule has 0 fully saturated rings. The Morgan fingerprint density at radius 2 is 2.47 bits per heavy atom. The first-order valence-electron chi connectivity index (χ1n) is 5.23. The number of amides is 1. The Balaban J connectivity index is 2.06. The SMILES string of the molecule is CNC(C)C(=O)N1CCc2ccsc2C1. The number of likely N-dealkylation sites (N-methyl/N-ethyl adjacent to an activating group) is 1. The monoisotopic (exact) mass is 224 g/mol. The van der Waals surface area contributed by atoms with E-state index in [0.717, 1.165) is 19.5 Å². The lowest BCUT2D eigenvalue weighted by molar-refractivity contribution is -0.133. The van der Waals surface area contributed by atoms with Crippen molar-refractivity contribution < 1.29 is 4.79 Å². The Kier molecular flexibility index (Phi) is 3.07. The Labute approximate surface area is 94.1 Å². The molecule has 1 aromatic rings. The number of nitrogens with one attached hydrogen (secondary N) is 1. The zero-order chi connectivity index (χ0) is 10.8. The van der Waals surface area contributed by atoms with Crippen molar-refractivity contribution in [1.29, 1.82) is 0 Å². The second-order valence-corrected chi connectivity index (χ2v) is 4.89. The first kappa shape index (κ1) is 10.6. The maximum absolute atomic E-state index is 11.9. The Hall–Kier alpha value is -0.870. The lowest BCUT2D eigenvalue weighted by Gasteiger charge is -2.29. The summed E-state index contributed by atoms with van der Waals surface area (Å²) in [6, 6.07) is 2.09. The molecule has 1 aliphatic rings. The summed E-state index contributed by atoms with van der Waals surface area (Å²) >= 11 is 1.75. The van der Waals surface area contributed by atoms with Gasteiger partial charge >= 0.3 is 0 Å². The molecule has 0 spiro atoms. The standard InChI is InChI=1S/C11H16N2OS/c1-8(12-2)11(14)13-5-3-9-4-6-15-10(9)7-13/h4,6,8,12H,3,5,7H2,1-2H3. The number of carbonyl (C=O) groups is 1. The fourth-order valence-electron chi connectivity index (χ4n) is 1.82. The summed E-state index contributed by atoms with van der Waals surface area (Å²) in [4.78, 5) is 15.2. The first-order valence-corrected chi connectivity index (χ1v) is 6.11. The van der Waals surface area contributed by atoms with Crippen LogP contribution < -0.4 is 5.32 Å². The molecular formula is C11H16N2OS. The highest BCUT2D eigenvalue weighted by Crippen LogP contribution is 2.24. The second-order valence-electron chi connectivity index (χ2n) is 3.89. The molecule has 2 rings (SSSR count).